The Morgan fingerprint density at radius 3 is 2.75 bits per heavy atom. The highest BCUT2D eigenvalue weighted by Crippen LogP contribution is 2.31. The Bertz CT molecular complexity index is 634. The highest BCUT2D eigenvalue weighted by Gasteiger charge is 2.15. The van der Waals surface area contributed by atoms with Gasteiger partial charge in [-0.3, -0.25) is 4.98 Å². The Morgan fingerprint density at radius 2 is 2.00 bits per heavy atom. The smallest absolute Gasteiger partial charge is 0.0909 e. The lowest BCUT2D eigenvalue weighted by molar-refractivity contribution is 0.525. The van der Waals surface area contributed by atoms with Crippen LogP contribution in [0.15, 0.2) is 18.2 Å². The van der Waals surface area contributed by atoms with Gasteiger partial charge in [0.1, 0.15) is 0 Å². The van der Waals surface area contributed by atoms with E-state index in [0.29, 0.717) is 16.1 Å². The number of aromatic nitrogens is 1. The van der Waals surface area contributed by atoms with Crippen LogP contribution in [0, 0.1) is 6.92 Å². The summed E-state index contributed by atoms with van der Waals surface area (Å²) in [6.45, 7) is 2.86. The zero-order valence-corrected chi connectivity index (χ0v) is 13.1. The summed E-state index contributed by atoms with van der Waals surface area (Å²) in [5, 5.41) is 5.85. The van der Waals surface area contributed by atoms with Gasteiger partial charge in [-0.05, 0) is 37.5 Å². The van der Waals surface area contributed by atoms with Crippen LogP contribution in [-0.2, 0) is 6.54 Å². The zero-order valence-electron chi connectivity index (χ0n) is 11.5. The summed E-state index contributed by atoms with van der Waals surface area (Å²) in [5.41, 5.74) is 3.03. The molecule has 1 fully saturated rings. The normalized spacial score (nSPS) is 16.1. The van der Waals surface area contributed by atoms with Crippen molar-refractivity contribution >= 4 is 34.1 Å². The number of nitrogens with zero attached hydrogens (tertiary/aromatic N) is 1. The van der Waals surface area contributed by atoms with Crippen molar-refractivity contribution in [1.82, 2.24) is 10.3 Å². The van der Waals surface area contributed by atoms with Crippen LogP contribution in [0.4, 0.5) is 0 Å². The van der Waals surface area contributed by atoms with Crippen LogP contribution < -0.4 is 5.32 Å². The minimum Gasteiger partial charge on any atom is -0.310 e. The third kappa shape index (κ3) is 2.78. The number of fused-ring (bicyclic) bond motifs is 1. The second-order valence-corrected chi connectivity index (χ2v) is 6.33. The molecule has 1 aliphatic carbocycles. The first-order valence-corrected chi connectivity index (χ1v) is 7.88. The van der Waals surface area contributed by atoms with Crippen molar-refractivity contribution in [2.75, 3.05) is 0 Å². The molecule has 4 heteroatoms. The van der Waals surface area contributed by atoms with Crippen LogP contribution >= 0.6 is 23.2 Å². The molecule has 0 saturated heterocycles. The molecule has 0 aliphatic heterocycles. The van der Waals surface area contributed by atoms with E-state index in [0.717, 1.165) is 23.1 Å². The molecule has 0 spiro atoms. The second-order valence-electron chi connectivity index (χ2n) is 5.54. The average molecular weight is 309 g/mol. The molecule has 0 amide bonds. The Hall–Kier alpha value is -0.830. The minimum absolute atomic E-state index is 0.551. The van der Waals surface area contributed by atoms with Gasteiger partial charge in [-0.25, -0.2) is 0 Å². The number of rotatable bonds is 3. The number of hydrogen-bond donors (Lipinski definition) is 1. The summed E-state index contributed by atoms with van der Waals surface area (Å²) < 4.78 is 0. The summed E-state index contributed by atoms with van der Waals surface area (Å²) in [4.78, 5) is 4.53. The van der Waals surface area contributed by atoms with Gasteiger partial charge in [-0.1, -0.05) is 42.1 Å². The summed E-state index contributed by atoms with van der Waals surface area (Å²) in [6.07, 6.45) is 5.26. The van der Waals surface area contributed by atoms with Crippen molar-refractivity contribution in [3.8, 4) is 0 Å². The molecule has 2 aromatic rings. The second kappa shape index (κ2) is 5.88. The monoisotopic (exact) mass is 308 g/mol. The molecular formula is C16H18Cl2N2. The summed E-state index contributed by atoms with van der Waals surface area (Å²) in [6, 6.07) is 6.65. The third-order valence-corrected chi connectivity index (χ3v) is 4.82. The Morgan fingerprint density at radius 1 is 1.25 bits per heavy atom. The van der Waals surface area contributed by atoms with Gasteiger partial charge >= 0.3 is 0 Å². The van der Waals surface area contributed by atoms with Gasteiger partial charge in [-0.15, -0.1) is 0 Å². The summed E-state index contributed by atoms with van der Waals surface area (Å²) in [5.74, 6) is 0. The summed E-state index contributed by atoms with van der Waals surface area (Å²) in [7, 11) is 0. The van der Waals surface area contributed by atoms with E-state index < -0.39 is 0 Å². The molecule has 1 aromatic heterocycles. The van der Waals surface area contributed by atoms with Crippen molar-refractivity contribution in [3.05, 3.63) is 39.5 Å². The van der Waals surface area contributed by atoms with Crippen molar-refractivity contribution in [3.63, 3.8) is 0 Å². The number of halogens is 2. The lowest BCUT2D eigenvalue weighted by atomic mass is 10.1. The van der Waals surface area contributed by atoms with Crippen LogP contribution in [-0.4, -0.2) is 11.0 Å². The fourth-order valence-electron chi connectivity index (χ4n) is 2.98. The van der Waals surface area contributed by atoms with Crippen molar-refractivity contribution in [2.24, 2.45) is 0 Å². The highest BCUT2D eigenvalue weighted by molar-refractivity contribution is 6.45. The lowest BCUT2D eigenvalue weighted by Gasteiger charge is -2.14. The Kier molecular flexibility index (Phi) is 4.16. The van der Waals surface area contributed by atoms with Crippen molar-refractivity contribution < 1.29 is 0 Å². The molecule has 0 unspecified atom stereocenters. The van der Waals surface area contributed by atoms with Gasteiger partial charge in [0.25, 0.3) is 0 Å². The molecule has 1 heterocycles. The van der Waals surface area contributed by atoms with E-state index in [-0.39, 0.29) is 0 Å². The molecule has 3 rings (SSSR count). The first-order valence-electron chi connectivity index (χ1n) is 7.13. The molecule has 1 saturated carbocycles. The van der Waals surface area contributed by atoms with Crippen molar-refractivity contribution in [2.45, 2.75) is 45.2 Å². The standard InChI is InChI=1S/C16H18Cl2N2/c1-10-8-11(9-19-12-4-2-3-5-12)13-6-7-14(17)15(18)16(13)20-10/h6-8,12,19H,2-5,9H2,1H3. The van der Waals surface area contributed by atoms with Crippen LogP contribution in [0.3, 0.4) is 0 Å². The van der Waals surface area contributed by atoms with Gasteiger partial charge in [0.05, 0.1) is 15.6 Å². The van der Waals surface area contributed by atoms with Crippen LogP contribution in [0.25, 0.3) is 10.9 Å². The van der Waals surface area contributed by atoms with E-state index >= 15 is 0 Å². The largest absolute Gasteiger partial charge is 0.310 e. The number of aryl methyl sites for hydroxylation is 1. The van der Waals surface area contributed by atoms with E-state index in [1.807, 2.05) is 19.1 Å². The predicted molar refractivity (Wildman–Crippen MR) is 85.6 cm³/mol. The van der Waals surface area contributed by atoms with Crippen LogP contribution in [0.5, 0.6) is 0 Å². The van der Waals surface area contributed by atoms with Gasteiger partial charge in [-0.2, -0.15) is 0 Å². The van der Waals surface area contributed by atoms with Gasteiger partial charge in [0.2, 0.25) is 0 Å². The van der Waals surface area contributed by atoms with E-state index in [1.54, 1.807) is 0 Å². The molecule has 0 atom stereocenters. The zero-order chi connectivity index (χ0) is 14.1. The molecule has 1 aromatic carbocycles. The van der Waals surface area contributed by atoms with E-state index in [9.17, 15) is 0 Å². The SMILES string of the molecule is Cc1cc(CNC2CCCC2)c2ccc(Cl)c(Cl)c2n1. The predicted octanol–water partition coefficient (Wildman–Crippen LogP) is 4.88. The quantitative estimate of drug-likeness (QED) is 0.874. The molecule has 2 nitrogen and oxygen atoms in total. The molecule has 0 radical (unpaired) electrons. The van der Waals surface area contributed by atoms with Crippen LogP contribution in [0.2, 0.25) is 10.0 Å². The van der Waals surface area contributed by atoms with E-state index in [4.69, 9.17) is 23.2 Å². The molecule has 1 aliphatic rings. The maximum atomic E-state index is 6.28. The van der Waals surface area contributed by atoms with E-state index in [2.05, 4.69) is 16.4 Å². The maximum absolute atomic E-state index is 6.28. The Labute approximate surface area is 129 Å². The van der Waals surface area contributed by atoms with Gasteiger partial charge in [0.15, 0.2) is 0 Å². The molecule has 20 heavy (non-hydrogen) atoms. The Balaban J connectivity index is 1.95. The minimum atomic E-state index is 0.551. The van der Waals surface area contributed by atoms with Crippen LogP contribution in [0.1, 0.15) is 36.9 Å². The number of pyridine rings is 1. The number of benzene rings is 1. The lowest BCUT2D eigenvalue weighted by Crippen LogP contribution is -2.25. The molecule has 0 bridgehead atoms. The first kappa shape index (κ1) is 14.1. The topological polar surface area (TPSA) is 24.9 Å². The fourth-order valence-corrected chi connectivity index (χ4v) is 3.34. The third-order valence-electron chi connectivity index (χ3n) is 4.02. The average Bonchev–Trinajstić information content (AvgIpc) is 2.94. The first-order chi connectivity index (χ1) is 9.65. The van der Waals surface area contributed by atoms with Gasteiger partial charge < -0.3 is 5.32 Å². The maximum Gasteiger partial charge on any atom is 0.0909 e. The number of hydrogen-bond acceptors (Lipinski definition) is 2. The molecule has 1 N–H and O–H groups in total. The number of nitrogens with one attached hydrogen (secondary N) is 1. The van der Waals surface area contributed by atoms with Gasteiger partial charge in [0, 0.05) is 23.7 Å². The summed E-state index contributed by atoms with van der Waals surface area (Å²) >= 11 is 12.4. The fraction of sp³-hybridized carbons (Fsp3) is 0.438. The molecule has 106 valence electrons. The van der Waals surface area contributed by atoms with E-state index in [1.165, 1.54) is 31.2 Å². The highest BCUT2D eigenvalue weighted by atomic mass is 35.5. The molecular weight excluding hydrogens is 291 g/mol. The van der Waals surface area contributed by atoms with Crippen molar-refractivity contribution in [1.29, 1.82) is 0 Å².